The van der Waals surface area contributed by atoms with Crippen LogP contribution in [0.15, 0.2) is 17.0 Å². The van der Waals surface area contributed by atoms with Gasteiger partial charge in [-0.1, -0.05) is 18.5 Å². The number of rotatable bonds is 4. The highest BCUT2D eigenvalue weighted by Gasteiger charge is 2.38. The SMILES string of the molecule is Cc1cc(Cl)c(S(=O)(=O)NCC2(C)CC2)cc1N. The lowest BCUT2D eigenvalue weighted by Gasteiger charge is -2.13. The summed E-state index contributed by atoms with van der Waals surface area (Å²) >= 11 is 5.98. The van der Waals surface area contributed by atoms with Gasteiger partial charge in [0.05, 0.1) is 5.02 Å². The number of nitrogen functional groups attached to an aromatic ring is 1. The van der Waals surface area contributed by atoms with E-state index in [0.29, 0.717) is 12.2 Å². The van der Waals surface area contributed by atoms with Gasteiger partial charge in [-0.25, -0.2) is 13.1 Å². The Morgan fingerprint density at radius 2 is 2.06 bits per heavy atom. The van der Waals surface area contributed by atoms with E-state index >= 15 is 0 Å². The molecule has 0 aromatic heterocycles. The standard InChI is InChI=1S/C12H17ClN2O2S/c1-8-5-9(13)11(6-10(8)14)18(16,17)15-7-12(2)3-4-12/h5-6,15H,3-4,7,14H2,1-2H3. The molecule has 18 heavy (non-hydrogen) atoms. The highest BCUT2D eigenvalue weighted by atomic mass is 35.5. The van der Waals surface area contributed by atoms with Crippen molar-refractivity contribution < 1.29 is 8.42 Å². The van der Waals surface area contributed by atoms with E-state index in [1.54, 1.807) is 13.0 Å². The Kier molecular flexibility index (Phi) is 3.34. The first-order valence-electron chi connectivity index (χ1n) is 5.79. The normalized spacial score (nSPS) is 17.7. The van der Waals surface area contributed by atoms with Gasteiger partial charge in [0.1, 0.15) is 4.90 Å². The summed E-state index contributed by atoms with van der Waals surface area (Å²) in [5, 5.41) is 0.204. The van der Waals surface area contributed by atoms with E-state index in [1.165, 1.54) is 6.07 Å². The van der Waals surface area contributed by atoms with Crippen molar-refractivity contribution in [3.63, 3.8) is 0 Å². The Balaban J connectivity index is 2.26. The van der Waals surface area contributed by atoms with E-state index in [2.05, 4.69) is 11.6 Å². The van der Waals surface area contributed by atoms with E-state index in [4.69, 9.17) is 17.3 Å². The molecule has 0 aliphatic heterocycles. The number of nitrogens with two attached hydrogens (primary N) is 1. The summed E-state index contributed by atoms with van der Waals surface area (Å²) in [4.78, 5) is 0.0523. The van der Waals surface area contributed by atoms with Crippen LogP contribution in [0.3, 0.4) is 0 Å². The average Bonchev–Trinajstić information content (AvgIpc) is 3.00. The van der Waals surface area contributed by atoms with Crippen LogP contribution in [0.25, 0.3) is 0 Å². The van der Waals surface area contributed by atoms with E-state index in [0.717, 1.165) is 18.4 Å². The maximum absolute atomic E-state index is 12.1. The molecule has 1 fully saturated rings. The molecule has 0 amide bonds. The largest absolute Gasteiger partial charge is 0.398 e. The Hall–Kier alpha value is -0.780. The smallest absolute Gasteiger partial charge is 0.242 e. The number of anilines is 1. The quantitative estimate of drug-likeness (QED) is 0.835. The van der Waals surface area contributed by atoms with Crippen molar-refractivity contribution in [2.24, 2.45) is 5.41 Å². The molecule has 0 spiro atoms. The fourth-order valence-corrected chi connectivity index (χ4v) is 3.43. The number of nitrogens with one attached hydrogen (secondary N) is 1. The lowest BCUT2D eigenvalue weighted by atomic mass is 10.2. The summed E-state index contributed by atoms with van der Waals surface area (Å²) in [6.45, 7) is 4.29. The molecule has 1 aromatic rings. The van der Waals surface area contributed by atoms with Crippen LogP contribution in [0.1, 0.15) is 25.3 Å². The van der Waals surface area contributed by atoms with E-state index < -0.39 is 10.0 Å². The second-order valence-electron chi connectivity index (χ2n) is 5.27. The third-order valence-corrected chi connectivity index (χ3v) is 5.27. The summed E-state index contributed by atoms with van der Waals surface area (Å²) in [5.74, 6) is 0. The Labute approximate surface area is 113 Å². The molecule has 0 unspecified atom stereocenters. The minimum absolute atomic E-state index is 0.0523. The van der Waals surface area contributed by atoms with Gasteiger partial charge < -0.3 is 5.73 Å². The number of halogens is 1. The summed E-state index contributed by atoms with van der Waals surface area (Å²) in [5.41, 5.74) is 7.04. The van der Waals surface area contributed by atoms with Crippen LogP contribution in [0.2, 0.25) is 5.02 Å². The molecule has 0 atom stereocenters. The number of hydrogen-bond donors (Lipinski definition) is 2. The highest BCUT2D eigenvalue weighted by Crippen LogP contribution is 2.44. The fraction of sp³-hybridized carbons (Fsp3) is 0.500. The third-order valence-electron chi connectivity index (χ3n) is 3.40. The van der Waals surface area contributed by atoms with Crippen molar-refractivity contribution in [3.8, 4) is 0 Å². The molecule has 0 bridgehead atoms. The molecule has 0 radical (unpaired) electrons. The molecule has 1 saturated carbocycles. The van der Waals surface area contributed by atoms with Gasteiger partial charge >= 0.3 is 0 Å². The third kappa shape index (κ3) is 2.79. The zero-order valence-electron chi connectivity index (χ0n) is 10.5. The first kappa shape index (κ1) is 13.6. The van der Waals surface area contributed by atoms with Crippen LogP contribution in [-0.2, 0) is 10.0 Å². The molecule has 100 valence electrons. The van der Waals surface area contributed by atoms with Crippen LogP contribution >= 0.6 is 11.6 Å². The van der Waals surface area contributed by atoms with Crippen molar-refractivity contribution >= 4 is 27.3 Å². The first-order chi connectivity index (χ1) is 8.23. The second-order valence-corrected chi connectivity index (χ2v) is 7.42. The zero-order chi connectivity index (χ0) is 13.6. The van der Waals surface area contributed by atoms with Gasteiger partial charge in [-0.3, -0.25) is 0 Å². The molecule has 4 nitrogen and oxygen atoms in total. The molecule has 6 heteroatoms. The predicted molar refractivity (Wildman–Crippen MR) is 73.1 cm³/mol. The second kappa shape index (κ2) is 4.40. The molecule has 1 aromatic carbocycles. The maximum Gasteiger partial charge on any atom is 0.242 e. The molecule has 2 rings (SSSR count). The maximum atomic E-state index is 12.1. The minimum atomic E-state index is -3.59. The summed E-state index contributed by atoms with van der Waals surface area (Å²) in [6.07, 6.45) is 2.11. The van der Waals surface area contributed by atoms with Crippen molar-refractivity contribution in [2.45, 2.75) is 31.6 Å². The van der Waals surface area contributed by atoms with Crippen molar-refractivity contribution in [3.05, 3.63) is 22.7 Å². The Bertz CT molecular complexity index is 580. The highest BCUT2D eigenvalue weighted by molar-refractivity contribution is 7.89. The minimum Gasteiger partial charge on any atom is -0.398 e. The van der Waals surface area contributed by atoms with Crippen LogP contribution in [0.4, 0.5) is 5.69 Å². The molecular weight excluding hydrogens is 272 g/mol. The van der Waals surface area contributed by atoms with Gasteiger partial charge in [-0.15, -0.1) is 0 Å². The van der Waals surface area contributed by atoms with Gasteiger partial charge in [0.15, 0.2) is 0 Å². The van der Waals surface area contributed by atoms with Crippen LogP contribution in [-0.4, -0.2) is 15.0 Å². The zero-order valence-corrected chi connectivity index (χ0v) is 12.0. The number of benzene rings is 1. The first-order valence-corrected chi connectivity index (χ1v) is 7.65. The molecule has 1 aliphatic rings. The predicted octanol–water partition coefficient (Wildman–Crippen LogP) is 2.31. The monoisotopic (exact) mass is 288 g/mol. The van der Waals surface area contributed by atoms with Crippen LogP contribution in [0, 0.1) is 12.3 Å². The molecule has 0 heterocycles. The van der Waals surface area contributed by atoms with Gasteiger partial charge in [-0.05, 0) is 42.9 Å². The van der Waals surface area contributed by atoms with Crippen molar-refractivity contribution in [2.75, 3.05) is 12.3 Å². The van der Waals surface area contributed by atoms with Gasteiger partial charge in [0.25, 0.3) is 0 Å². The lowest BCUT2D eigenvalue weighted by Crippen LogP contribution is -2.29. The summed E-state index contributed by atoms with van der Waals surface area (Å²) < 4.78 is 26.9. The van der Waals surface area contributed by atoms with E-state index in [9.17, 15) is 8.42 Å². The average molecular weight is 289 g/mol. The molecule has 3 N–H and O–H groups in total. The van der Waals surface area contributed by atoms with E-state index in [-0.39, 0.29) is 15.3 Å². The molecule has 1 aliphatic carbocycles. The number of aryl methyl sites for hydroxylation is 1. The topological polar surface area (TPSA) is 72.2 Å². The van der Waals surface area contributed by atoms with Crippen LogP contribution in [0.5, 0.6) is 0 Å². The Morgan fingerprint density at radius 1 is 1.44 bits per heavy atom. The lowest BCUT2D eigenvalue weighted by molar-refractivity contribution is 0.530. The van der Waals surface area contributed by atoms with Gasteiger partial charge in [-0.2, -0.15) is 0 Å². The molecule has 0 saturated heterocycles. The van der Waals surface area contributed by atoms with Crippen molar-refractivity contribution in [1.82, 2.24) is 4.72 Å². The van der Waals surface area contributed by atoms with Crippen molar-refractivity contribution in [1.29, 1.82) is 0 Å². The van der Waals surface area contributed by atoms with Gasteiger partial charge in [0.2, 0.25) is 10.0 Å². The van der Waals surface area contributed by atoms with E-state index in [1.807, 2.05) is 0 Å². The molecular formula is C12H17ClN2O2S. The fourth-order valence-electron chi connectivity index (χ4n) is 1.61. The van der Waals surface area contributed by atoms with Crippen LogP contribution < -0.4 is 10.5 Å². The number of hydrogen-bond acceptors (Lipinski definition) is 3. The summed E-state index contributed by atoms with van der Waals surface area (Å²) in [7, 11) is -3.59. The Morgan fingerprint density at radius 3 is 2.61 bits per heavy atom. The van der Waals surface area contributed by atoms with Gasteiger partial charge in [0, 0.05) is 12.2 Å². The number of sulfonamides is 1. The summed E-state index contributed by atoms with van der Waals surface area (Å²) in [6, 6.07) is 2.99.